The molecule has 2 saturated heterocycles. The third-order valence-electron chi connectivity index (χ3n) is 4.71. The summed E-state index contributed by atoms with van der Waals surface area (Å²) in [6, 6.07) is 0. The Hall–Kier alpha value is -1.84. The molecule has 0 aliphatic carbocycles. The van der Waals surface area contributed by atoms with Gasteiger partial charge >= 0.3 is 7.82 Å². The predicted molar refractivity (Wildman–Crippen MR) is 93.0 cm³/mol. The molecule has 0 bridgehead atoms. The zero-order chi connectivity index (χ0) is 20.6. The lowest BCUT2D eigenvalue weighted by atomic mass is 9.81. The van der Waals surface area contributed by atoms with E-state index in [1.54, 1.807) is 6.92 Å². The summed E-state index contributed by atoms with van der Waals surface area (Å²) in [7, 11) is -4.71. The Kier molecular flexibility index (Phi) is 6.08. The van der Waals surface area contributed by atoms with E-state index in [0.717, 1.165) is 4.90 Å². The van der Waals surface area contributed by atoms with Crippen LogP contribution >= 0.6 is 7.82 Å². The Labute approximate surface area is 156 Å². The maximum atomic E-state index is 12.8. The van der Waals surface area contributed by atoms with Gasteiger partial charge in [0.2, 0.25) is 17.7 Å². The molecule has 4 atom stereocenters. The van der Waals surface area contributed by atoms with Crippen LogP contribution in [0.1, 0.15) is 13.8 Å². The lowest BCUT2D eigenvalue weighted by Gasteiger charge is -2.31. The highest BCUT2D eigenvalue weighted by molar-refractivity contribution is 7.46. The fraction of sp³-hybridized carbons (Fsp3) is 0.562. The first kappa shape index (κ1) is 21.5. The van der Waals surface area contributed by atoms with Crippen LogP contribution in [0, 0.1) is 11.8 Å². The van der Waals surface area contributed by atoms with Gasteiger partial charge in [0.05, 0.1) is 37.6 Å². The third-order valence-corrected chi connectivity index (χ3v) is 5.23. The highest BCUT2D eigenvalue weighted by Crippen LogP contribution is 2.47. The first-order chi connectivity index (χ1) is 12.4. The molecule has 0 aromatic heterocycles. The minimum absolute atomic E-state index is 0.0699. The molecule has 2 rings (SSSR count). The van der Waals surface area contributed by atoms with Gasteiger partial charge in [-0.05, 0) is 13.8 Å². The fourth-order valence-corrected chi connectivity index (χ4v) is 3.79. The number of imide groups is 1. The molecule has 2 heterocycles. The summed E-state index contributed by atoms with van der Waals surface area (Å²) in [6.45, 7) is 9.55. The lowest BCUT2D eigenvalue weighted by Crippen LogP contribution is -2.49. The van der Waals surface area contributed by atoms with Crippen LogP contribution in [0.5, 0.6) is 0 Å². The molecule has 2 aliphatic heterocycles. The summed E-state index contributed by atoms with van der Waals surface area (Å²) < 4.78 is 21.0. The van der Waals surface area contributed by atoms with Crippen molar-refractivity contribution < 1.29 is 38.0 Å². The molecule has 3 N–H and O–H groups in total. The van der Waals surface area contributed by atoms with Gasteiger partial charge in [-0.1, -0.05) is 12.7 Å². The van der Waals surface area contributed by atoms with E-state index in [1.165, 1.54) is 13.0 Å². The standard InChI is InChI=1S/C16H23N2O8P/c1-5-16(8-17-13(19)9(2)3)12-11(10(4)26-16)14(20)18(15(12)21)6-7-25-27(22,23)24/h5,10-12H,1-2,6-8H2,3-4H3,(H,17,19)(H2,22,23,24). The second kappa shape index (κ2) is 7.65. The van der Waals surface area contributed by atoms with Gasteiger partial charge in [-0.2, -0.15) is 0 Å². The molecule has 0 aromatic rings. The summed E-state index contributed by atoms with van der Waals surface area (Å²) >= 11 is 0. The smallest absolute Gasteiger partial charge is 0.364 e. The SMILES string of the molecule is C=CC1(CNC(=O)C(=C)C)OC(C)C2C(=O)N(CCOP(=O)(O)O)C(=O)C21. The van der Waals surface area contributed by atoms with Crippen molar-refractivity contribution in [3.05, 3.63) is 24.8 Å². The van der Waals surface area contributed by atoms with Crippen molar-refractivity contribution in [1.82, 2.24) is 10.2 Å². The number of hydrogen-bond acceptors (Lipinski definition) is 6. The highest BCUT2D eigenvalue weighted by Gasteiger charge is 2.64. The lowest BCUT2D eigenvalue weighted by molar-refractivity contribution is -0.146. The van der Waals surface area contributed by atoms with E-state index in [0.29, 0.717) is 0 Å². The number of rotatable bonds is 8. The maximum Gasteiger partial charge on any atom is 0.469 e. The normalized spacial score (nSPS) is 30.4. The van der Waals surface area contributed by atoms with Gasteiger partial charge in [-0.25, -0.2) is 4.57 Å². The van der Waals surface area contributed by atoms with E-state index in [2.05, 4.69) is 23.0 Å². The molecule has 27 heavy (non-hydrogen) atoms. The van der Waals surface area contributed by atoms with Crippen molar-refractivity contribution in [3.63, 3.8) is 0 Å². The number of carbonyl (C=O) groups is 3. The quantitative estimate of drug-likeness (QED) is 0.218. The van der Waals surface area contributed by atoms with Gasteiger partial charge in [-0.15, -0.1) is 6.58 Å². The minimum Gasteiger partial charge on any atom is -0.364 e. The van der Waals surface area contributed by atoms with Crippen LogP contribution in [-0.4, -0.2) is 63.8 Å². The third kappa shape index (κ3) is 4.20. The van der Waals surface area contributed by atoms with Gasteiger partial charge in [0.15, 0.2) is 0 Å². The molecule has 10 nitrogen and oxygen atoms in total. The molecule has 4 unspecified atom stereocenters. The number of amides is 3. The van der Waals surface area contributed by atoms with Crippen LogP contribution in [0.3, 0.4) is 0 Å². The van der Waals surface area contributed by atoms with Gasteiger partial charge in [-0.3, -0.25) is 23.8 Å². The Morgan fingerprint density at radius 2 is 2.07 bits per heavy atom. The van der Waals surface area contributed by atoms with Gasteiger partial charge in [0.25, 0.3) is 0 Å². The number of nitrogens with zero attached hydrogens (tertiary/aromatic N) is 1. The number of likely N-dealkylation sites (tertiary alicyclic amines) is 1. The van der Waals surface area contributed by atoms with E-state index < -0.39 is 55.7 Å². The second-order valence-corrected chi connectivity index (χ2v) is 7.84. The number of carbonyl (C=O) groups excluding carboxylic acids is 3. The second-order valence-electron chi connectivity index (χ2n) is 6.60. The first-order valence-electron chi connectivity index (χ1n) is 8.24. The molecule has 0 spiro atoms. The van der Waals surface area contributed by atoms with E-state index in [-0.39, 0.29) is 18.7 Å². The molecule has 3 amide bonds. The van der Waals surface area contributed by atoms with Gasteiger partial charge in [0.1, 0.15) is 5.60 Å². The molecule has 2 fully saturated rings. The van der Waals surface area contributed by atoms with Crippen molar-refractivity contribution in [3.8, 4) is 0 Å². The van der Waals surface area contributed by atoms with Crippen LogP contribution in [0.25, 0.3) is 0 Å². The van der Waals surface area contributed by atoms with Crippen LogP contribution in [0.4, 0.5) is 0 Å². The van der Waals surface area contributed by atoms with Gasteiger partial charge in [0, 0.05) is 5.57 Å². The predicted octanol–water partition coefficient (Wildman–Crippen LogP) is -0.267. The topological polar surface area (TPSA) is 142 Å². The van der Waals surface area contributed by atoms with Crippen LogP contribution in [0.2, 0.25) is 0 Å². The first-order valence-corrected chi connectivity index (χ1v) is 9.77. The largest absolute Gasteiger partial charge is 0.469 e. The van der Waals surface area contributed by atoms with E-state index in [4.69, 9.17) is 14.5 Å². The summed E-state index contributed by atoms with van der Waals surface area (Å²) in [6.07, 6.45) is 0.784. The molecule has 0 saturated carbocycles. The maximum absolute atomic E-state index is 12.8. The van der Waals surface area contributed by atoms with E-state index in [1.807, 2.05) is 0 Å². The number of ether oxygens (including phenoxy) is 1. The molecule has 11 heteroatoms. The Morgan fingerprint density at radius 1 is 1.44 bits per heavy atom. The highest BCUT2D eigenvalue weighted by atomic mass is 31.2. The number of fused-ring (bicyclic) bond motifs is 1. The number of phosphoric ester groups is 1. The van der Waals surface area contributed by atoms with Crippen LogP contribution in [-0.2, 0) is 28.2 Å². The number of phosphoric acid groups is 1. The number of hydrogen-bond donors (Lipinski definition) is 3. The van der Waals surface area contributed by atoms with Crippen molar-refractivity contribution in [2.45, 2.75) is 25.6 Å². The Balaban J connectivity index is 2.20. The molecule has 0 radical (unpaired) electrons. The molecule has 2 aliphatic rings. The van der Waals surface area contributed by atoms with Crippen molar-refractivity contribution >= 4 is 25.5 Å². The minimum atomic E-state index is -4.71. The average molecular weight is 402 g/mol. The zero-order valence-electron chi connectivity index (χ0n) is 15.1. The molecule has 150 valence electrons. The summed E-state index contributed by atoms with van der Waals surface area (Å²) in [5, 5.41) is 2.62. The summed E-state index contributed by atoms with van der Waals surface area (Å²) in [5.41, 5.74) is -0.998. The van der Waals surface area contributed by atoms with E-state index >= 15 is 0 Å². The average Bonchev–Trinajstić information content (AvgIpc) is 3.00. The summed E-state index contributed by atoms with van der Waals surface area (Å²) in [5.74, 6) is -3.18. The zero-order valence-corrected chi connectivity index (χ0v) is 16.0. The van der Waals surface area contributed by atoms with E-state index in [9.17, 15) is 18.9 Å². The Bertz CT molecular complexity index is 732. The fourth-order valence-electron chi connectivity index (χ4n) is 3.47. The molecular formula is C16H23N2O8P. The molecule has 0 aromatic carbocycles. The monoisotopic (exact) mass is 402 g/mol. The van der Waals surface area contributed by atoms with Crippen molar-refractivity contribution in [1.29, 1.82) is 0 Å². The number of nitrogens with one attached hydrogen (secondary N) is 1. The van der Waals surface area contributed by atoms with Gasteiger partial charge < -0.3 is 19.8 Å². The Morgan fingerprint density at radius 3 is 2.59 bits per heavy atom. The molecular weight excluding hydrogens is 379 g/mol. The van der Waals surface area contributed by atoms with Crippen molar-refractivity contribution in [2.75, 3.05) is 19.7 Å². The summed E-state index contributed by atoms with van der Waals surface area (Å²) in [4.78, 5) is 55.7. The van der Waals surface area contributed by atoms with Crippen molar-refractivity contribution in [2.24, 2.45) is 11.8 Å². The van der Waals surface area contributed by atoms with Crippen LogP contribution < -0.4 is 5.32 Å². The van der Waals surface area contributed by atoms with Crippen LogP contribution in [0.15, 0.2) is 24.8 Å².